The first-order valence-corrected chi connectivity index (χ1v) is 8.64. The predicted octanol–water partition coefficient (Wildman–Crippen LogP) is 2.53. The molecule has 11 heteroatoms. The third-order valence-corrected chi connectivity index (χ3v) is 4.18. The molecule has 3 aromatic heterocycles. The third kappa shape index (κ3) is 4.86. The zero-order valence-electron chi connectivity index (χ0n) is 15.7. The third-order valence-electron chi connectivity index (χ3n) is 4.18. The highest BCUT2D eigenvalue weighted by Crippen LogP contribution is 2.27. The van der Waals surface area contributed by atoms with Crippen molar-refractivity contribution >= 4 is 11.7 Å². The molecule has 29 heavy (non-hydrogen) atoms. The fourth-order valence-electron chi connectivity index (χ4n) is 2.47. The highest BCUT2D eigenvalue weighted by Gasteiger charge is 2.32. The lowest BCUT2D eigenvalue weighted by Crippen LogP contribution is -2.29. The summed E-state index contributed by atoms with van der Waals surface area (Å²) < 4.78 is 39.3. The molecule has 0 aliphatic heterocycles. The van der Waals surface area contributed by atoms with Gasteiger partial charge in [0.05, 0.1) is 11.3 Å². The number of anilines is 1. The van der Waals surface area contributed by atoms with Crippen molar-refractivity contribution in [3.8, 4) is 5.82 Å². The maximum atomic E-state index is 12.5. The van der Waals surface area contributed by atoms with Crippen molar-refractivity contribution < 1.29 is 18.0 Å². The number of alkyl halides is 3. The van der Waals surface area contributed by atoms with E-state index in [2.05, 4.69) is 30.6 Å². The van der Waals surface area contributed by atoms with Crippen molar-refractivity contribution in [1.29, 1.82) is 0 Å². The Morgan fingerprint density at radius 2 is 1.90 bits per heavy atom. The Hall–Kier alpha value is -3.50. The number of hydrogen-bond donors (Lipinski definition) is 2. The summed E-state index contributed by atoms with van der Waals surface area (Å²) in [5.74, 6) is 0.701. The quantitative estimate of drug-likeness (QED) is 0.612. The number of amides is 1. The van der Waals surface area contributed by atoms with Crippen LogP contribution in [0.2, 0.25) is 0 Å². The van der Waals surface area contributed by atoms with Gasteiger partial charge < -0.3 is 10.6 Å². The number of hydrogen-bond acceptors (Lipinski definition) is 6. The molecule has 0 radical (unpaired) electrons. The molecule has 0 aromatic carbocycles. The topological polar surface area (TPSA) is 97.6 Å². The van der Waals surface area contributed by atoms with Gasteiger partial charge in [0, 0.05) is 31.0 Å². The van der Waals surface area contributed by atoms with E-state index >= 15 is 0 Å². The number of aryl methyl sites for hydroxylation is 1. The maximum Gasteiger partial charge on any atom is 0.433 e. The second-order valence-corrected chi connectivity index (χ2v) is 6.16. The standard InChI is InChI=1S/C18H18F3N7O/c1-11-12(2)28(10-27-11)16-7-15(25-9-26-16)22-5-6-23-17(29)13-3-4-14(24-8-13)18(19,20)21/h3-4,7-10H,5-6H2,1-2H3,(H,23,29)(H,22,25,26). The summed E-state index contributed by atoms with van der Waals surface area (Å²) in [5, 5.41) is 5.66. The molecule has 3 heterocycles. The fourth-order valence-corrected chi connectivity index (χ4v) is 2.47. The average molecular weight is 405 g/mol. The number of rotatable bonds is 6. The molecule has 8 nitrogen and oxygen atoms in total. The van der Waals surface area contributed by atoms with Gasteiger partial charge in [-0.3, -0.25) is 14.3 Å². The summed E-state index contributed by atoms with van der Waals surface area (Å²) in [7, 11) is 0. The van der Waals surface area contributed by atoms with E-state index < -0.39 is 17.8 Å². The van der Waals surface area contributed by atoms with Crippen LogP contribution in [0.5, 0.6) is 0 Å². The number of carbonyl (C=O) groups excluding carboxylic acids is 1. The summed E-state index contributed by atoms with van der Waals surface area (Å²) in [6.07, 6.45) is -0.547. The molecule has 0 saturated carbocycles. The molecule has 0 aliphatic carbocycles. The molecule has 3 aromatic rings. The number of carbonyl (C=O) groups is 1. The van der Waals surface area contributed by atoms with Gasteiger partial charge in [-0.1, -0.05) is 0 Å². The fraction of sp³-hybridized carbons (Fsp3) is 0.278. The van der Waals surface area contributed by atoms with Crippen LogP contribution in [-0.4, -0.2) is 43.5 Å². The first-order chi connectivity index (χ1) is 13.8. The molecule has 0 atom stereocenters. The van der Waals surface area contributed by atoms with E-state index in [0.29, 0.717) is 18.2 Å². The number of nitrogens with one attached hydrogen (secondary N) is 2. The Kier molecular flexibility index (Phi) is 5.76. The van der Waals surface area contributed by atoms with E-state index in [0.717, 1.165) is 29.7 Å². The summed E-state index contributed by atoms with van der Waals surface area (Å²) in [6.45, 7) is 4.44. The number of imidazole rings is 1. The lowest BCUT2D eigenvalue weighted by atomic mass is 10.2. The van der Waals surface area contributed by atoms with Crippen LogP contribution in [-0.2, 0) is 6.18 Å². The highest BCUT2D eigenvalue weighted by molar-refractivity contribution is 5.93. The van der Waals surface area contributed by atoms with Crippen molar-refractivity contribution in [3.05, 3.63) is 59.7 Å². The first kappa shape index (κ1) is 20.2. The molecular weight excluding hydrogens is 387 g/mol. The van der Waals surface area contributed by atoms with Gasteiger partial charge in [0.25, 0.3) is 5.91 Å². The van der Waals surface area contributed by atoms with E-state index in [9.17, 15) is 18.0 Å². The first-order valence-electron chi connectivity index (χ1n) is 8.64. The van der Waals surface area contributed by atoms with Crippen LogP contribution in [0.25, 0.3) is 5.82 Å². The SMILES string of the molecule is Cc1ncn(-c2cc(NCCNC(=O)c3ccc(C(F)(F)F)nc3)ncn2)c1C. The van der Waals surface area contributed by atoms with Gasteiger partial charge in [-0.15, -0.1) is 0 Å². The highest BCUT2D eigenvalue weighted by atomic mass is 19.4. The molecule has 0 bridgehead atoms. The summed E-state index contributed by atoms with van der Waals surface area (Å²) in [4.78, 5) is 27.8. The van der Waals surface area contributed by atoms with E-state index in [4.69, 9.17) is 0 Å². The van der Waals surface area contributed by atoms with Gasteiger partial charge >= 0.3 is 6.18 Å². The number of aromatic nitrogens is 5. The van der Waals surface area contributed by atoms with Crippen molar-refractivity contribution in [3.63, 3.8) is 0 Å². The zero-order chi connectivity index (χ0) is 21.0. The molecule has 1 amide bonds. The average Bonchev–Trinajstić information content (AvgIpc) is 3.03. The minimum Gasteiger partial charge on any atom is -0.368 e. The number of nitrogens with zero attached hydrogens (tertiary/aromatic N) is 5. The molecule has 0 fully saturated rings. The molecule has 3 rings (SSSR count). The van der Waals surface area contributed by atoms with Gasteiger partial charge in [0.2, 0.25) is 0 Å². The van der Waals surface area contributed by atoms with Crippen LogP contribution in [0.15, 0.2) is 37.1 Å². The smallest absolute Gasteiger partial charge is 0.368 e. The van der Waals surface area contributed by atoms with Crippen molar-refractivity contribution in [2.24, 2.45) is 0 Å². The van der Waals surface area contributed by atoms with Gasteiger partial charge in [-0.25, -0.2) is 15.0 Å². The van der Waals surface area contributed by atoms with Crippen LogP contribution in [0.3, 0.4) is 0 Å². The van der Waals surface area contributed by atoms with E-state index in [1.54, 1.807) is 12.4 Å². The summed E-state index contributed by atoms with van der Waals surface area (Å²) in [5.41, 5.74) is 0.873. The van der Waals surface area contributed by atoms with Crippen molar-refractivity contribution in [1.82, 2.24) is 29.8 Å². The van der Waals surface area contributed by atoms with Gasteiger partial charge in [-0.05, 0) is 26.0 Å². The largest absolute Gasteiger partial charge is 0.433 e. The molecule has 152 valence electrons. The number of halogens is 3. The lowest BCUT2D eigenvalue weighted by molar-refractivity contribution is -0.141. The summed E-state index contributed by atoms with van der Waals surface area (Å²) in [6, 6.07) is 3.61. The zero-order valence-corrected chi connectivity index (χ0v) is 15.7. The maximum absolute atomic E-state index is 12.5. The second-order valence-electron chi connectivity index (χ2n) is 6.16. The van der Waals surface area contributed by atoms with Gasteiger partial charge in [0.15, 0.2) is 0 Å². The van der Waals surface area contributed by atoms with E-state index in [1.165, 1.54) is 6.33 Å². The molecule has 2 N–H and O–H groups in total. The van der Waals surface area contributed by atoms with Crippen LogP contribution >= 0.6 is 0 Å². The van der Waals surface area contributed by atoms with Crippen LogP contribution in [0, 0.1) is 13.8 Å². The Morgan fingerprint density at radius 3 is 2.52 bits per heavy atom. The molecule has 0 aliphatic rings. The van der Waals surface area contributed by atoms with Gasteiger partial charge in [-0.2, -0.15) is 13.2 Å². The van der Waals surface area contributed by atoms with Crippen molar-refractivity contribution in [2.75, 3.05) is 18.4 Å². The van der Waals surface area contributed by atoms with E-state index in [-0.39, 0.29) is 12.1 Å². The molecule has 0 spiro atoms. The minimum atomic E-state index is -4.54. The van der Waals surface area contributed by atoms with E-state index in [1.807, 2.05) is 18.4 Å². The Balaban J connectivity index is 1.52. The molecule has 0 saturated heterocycles. The van der Waals surface area contributed by atoms with Crippen LogP contribution in [0.4, 0.5) is 19.0 Å². The Morgan fingerprint density at radius 1 is 1.10 bits per heavy atom. The number of pyridine rings is 1. The normalized spacial score (nSPS) is 11.3. The second kappa shape index (κ2) is 8.25. The summed E-state index contributed by atoms with van der Waals surface area (Å²) >= 11 is 0. The van der Waals surface area contributed by atoms with Crippen LogP contribution in [0.1, 0.15) is 27.4 Å². The van der Waals surface area contributed by atoms with Crippen molar-refractivity contribution in [2.45, 2.75) is 20.0 Å². The molecular formula is C18H18F3N7O. The Bertz CT molecular complexity index is 999. The lowest BCUT2D eigenvalue weighted by Gasteiger charge is -2.10. The molecule has 0 unspecified atom stereocenters. The monoisotopic (exact) mass is 405 g/mol. The minimum absolute atomic E-state index is 0.0493. The van der Waals surface area contributed by atoms with Gasteiger partial charge in [0.1, 0.15) is 30.0 Å². The van der Waals surface area contributed by atoms with Crippen LogP contribution < -0.4 is 10.6 Å². The Labute approximate surface area is 164 Å². The predicted molar refractivity (Wildman–Crippen MR) is 98.7 cm³/mol.